The van der Waals surface area contributed by atoms with Crippen LogP contribution in [0.2, 0.25) is 0 Å². The predicted molar refractivity (Wildman–Crippen MR) is 80.8 cm³/mol. The summed E-state index contributed by atoms with van der Waals surface area (Å²) >= 11 is 0. The molecule has 0 aliphatic carbocycles. The number of amides is 1. The number of nitrogens with zero attached hydrogens (tertiary/aromatic N) is 1. The van der Waals surface area contributed by atoms with E-state index in [0.29, 0.717) is 12.3 Å². The van der Waals surface area contributed by atoms with Crippen LogP contribution in [0.25, 0.3) is 10.9 Å². The van der Waals surface area contributed by atoms with Crippen LogP contribution in [0.1, 0.15) is 0 Å². The summed E-state index contributed by atoms with van der Waals surface area (Å²) in [5.41, 5.74) is 0.856. The van der Waals surface area contributed by atoms with Gasteiger partial charge in [0.05, 0.1) is 5.39 Å². The van der Waals surface area contributed by atoms with Crippen molar-refractivity contribution in [1.82, 2.24) is 5.32 Å². The van der Waals surface area contributed by atoms with Crippen molar-refractivity contribution < 1.29 is 19.6 Å². The third-order valence-electron chi connectivity index (χ3n) is 2.40. The van der Waals surface area contributed by atoms with Gasteiger partial charge in [-0.15, -0.1) is 17.0 Å². The van der Waals surface area contributed by atoms with E-state index in [1.807, 2.05) is 46.4 Å². The summed E-state index contributed by atoms with van der Waals surface area (Å²) < 4.78 is 1.97. The Morgan fingerprint density at radius 1 is 1.45 bits per heavy atom. The Labute approximate surface area is 127 Å². The minimum atomic E-state index is -1.25. The molecule has 6 heteroatoms. The second-order valence-electron chi connectivity index (χ2n) is 3.70. The second kappa shape index (κ2) is 8.92. The zero-order valence-electron chi connectivity index (χ0n) is 11.1. The van der Waals surface area contributed by atoms with Gasteiger partial charge in [0.2, 0.25) is 0 Å². The summed E-state index contributed by atoms with van der Waals surface area (Å²) in [6, 6.07) is 9.46. The van der Waals surface area contributed by atoms with E-state index in [1.165, 1.54) is 7.05 Å². The van der Waals surface area contributed by atoms with Gasteiger partial charge in [-0.2, -0.15) is 4.57 Å². The number of aromatic hydroxyl groups is 1. The van der Waals surface area contributed by atoms with Crippen LogP contribution >= 0.6 is 17.0 Å². The van der Waals surface area contributed by atoms with E-state index in [2.05, 4.69) is 6.58 Å². The lowest BCUT2D eigenvalue weighted by Crippen LogP contribution is -2.33. The first kappa shape index (κ1) is 17.9. The third-order valence-corrected chi connectivity index (χ3v) is 2.40. The molecular formula is C14H17BrN2O3. The molecule has 2 aromatic rings. The monoisotopic (exact) mass is 340 g/mol. The molecule has 5 nitrogen and oxygen atoms in total. The first-order valence-corrected chi connectivity index (χ1v) is 5.70. The Hall–Kier alpha value is -2.08. The number of hydrogen-bond acceptors (Lipinski definition) is 3. The number of aromatic nitrogens is 1. The van der Waals surface area contributed by atoms with Crippen molar-refractivity contribution in [2.45, 2.75) is 6.54 Å². The topological polar surface area (TPSA) is 76.3 Å². The number of nitrogens with one attached hydrogen (secondary N) is 1. The molecule has 1 heterocycles. The molecule has 0 fully saturated rings. The van der Waals surface area contributed by atoms with Gasteiger partial charge in [0.15, 0.2) is 18.5 Å². The van der Waals surface area contributed by atoms with Gasteiger partial charge in [0, 0.05) is 13.1 Å². The number of halogens is 1. The van der Waals surface area contributed by atoms with Crippen molar-refractivity contribution in [3.63, 3.8) is 0 Å². The van der Waals surface area contributed by atoms with E-state index in [4.69, 9.17) is 9.90 Å². The van der Waals surface area contributed by atoms with Crippen LogP contribution < -0.4 is 15.0 Å². The lowest BCUT2D eigenvalue weighted by Gasteiger charge is -1.99. The maximum atomic E-state index is 9.72. The highest BCUT2D eigenvalue weighted by atomic mass is 79.9. The molecule has 2 N–H and O–H groups in total. The van der Waals surface area contributed by atoms with Crippen LogP contribution in [0.5, 0.6) is 5.75 Å². The van der Waals surface area contributed by atoms with Crippen molar-refractivity contribution in [1.29, 1.82) is 0 Å². The summed E-state index contributed by atoms with van der Waals surface area (Å²) in [6.45, 7) is 4.39. The fourth-order valence-corrected chi connectivity index (χ4v) is 1.61. The van der Waals surface area contributed by atoms with E-state index in [1.54, 1.807) is 6.07 Å². The van der Waals surface area contributed by atoms with E-state index in [9.17, 15) is 5.11 Å². The molecular weight excluding hydrogens is 324 g/mol. The Balaban J connectivity index is 0.000000526. The Morgan fingerprint density at radius 2 is 2.05 bits per heavy atom. The second-order valence-corrected chi connectivity index (χ2v) is 3.70. The number of rotatable bonds is 2. The normalized spacial score (nSPS) is 8.85. The Kier molecular flexibility index (Phi) is 8.00. The maximum Gasteiger partial charge on any atom is 0.254 e. The number of phenolic OH excluding ortho intramolecular Hbond substituents is 1. The Morgan fingerprint density at radius 3 is 2.60 bits per heavy atom. The van der Waals surface area contributed by atoms with Crippen LogP contribution in [0.15, 0.2) is 49.2 Å². The maximum absolute atomic E-state index is 9.72. The number of allylic oxidation sites excluding steroid dienone is 1. The Bertz CT molecular complexity index is 582. The molecule has 1 aromatic heterocycles. The quantitative estimate of drug-likeness (QED) is 0.635. The van der Waals surface area contributed by atoms with Gasteiger partial charge in [-0.3, -0.25) is 0 Å². The number of pyridine rings is 1. The van der Waals surface area contributed by atoms with Crippen molar-refractivity contribution in [3.8, 4) is 5.75 Å². The molecule has 0 radical (unpaired) electrons. The fourth-order valence-electron chi connectivity index (χ4n) is 1.61. The number of para-hydroxylation sites is 1. The molecule has 108 valence electrons. The summed E-state index contributed by atoms with van der Waals surface area (Å²) in [7, 11) is 1.29. The molecule has 0 aliphatic rings. The van der Waals surface area contributed by atoms with Crippen LogP contribution in [0.3, 0.4) is 0 Å². The van der Waals surface area contributed by atoms with E-state index in [-0.39, 0.29) is 17.0 Å². The molecule has 2 rings (SSSR count). The van der Waals surface area contributed by atoms with Gasteiger partial charge in [-0.05, 0) is 24.3 Å². The highest BCUT2D eigenvalue weighted by Crippen LogP contribution is 2.19. The molecule has 1 aromatic carbocycles. The first-order valence-electron chi connectivity index (χ1n) is 5.70. The molecule has 0 unspecified atom stereocenters. The summed E-state index contributed by atoms with van der Waals surface area (Å²) in [4.78, 5) is 9.15. The number of phenols is 1. The van der Waals surface area contributed by atoms with Crippen molar-refractivity contribution in [2.24, 2.45) is 0 Å². The van der Waals surface area contributed by atoms with Crippen molar-refractivity contribution in [2.75, 3.05) is 7.05 Å². The fraction of sp³-hybridized carbons (Fsp3) is 0.143. The van der Waals surface area contributed by atoms with Crippen molar-refractivity contribution >= 4 is 34.0 Å². The molecule has 0 aliphatic heterocycles. The number of benzene rings is 1. The number of carbonyl (C=O) groups is 1. The smallest absolute Gasteiger partial charge is 0.254 e. The molecule has 0 atom stereocenters. The summed E-state index contributed by atoms with van der Waals surface area (Å²) in [5.74, 6) is 0.310. The molecule has 0 saturated carbocycles. The number of fused-ring (bicyclic) bond motifs is 1. The number of carboxylic acid groups (broad SMARTS) is 1. The van der Waals surface area contributed by atoms with E-state index >= 15 is 0 Å². The van der Waals surface area contributed by atoms with E-state index < -0.39 is 6.09 Å². The van der Waals surface area contributed by atoms with Crippen LogP contribution in [0, 0.1) is 0 Å². The van der Waals surface area contributed by atoms with Crippen LogP contribution in [-0.4, -0.2) is 18.2 Å². The average Bonchev–Trinajstić information content (AvgIpc) is 2.40. The zero-order chi connectivity index (χ0) is 14.3. The van der Waals surface area contributed by atoms with Gasteiger partial charge < -0.3 is 20.3 Å². The summed E-state index contributed by atoms with van der Waals surface area (Å²) in [6.07, 6.45) is 2.50. The van der Waals surface area contributed by atoms with E-state index in [0.717, 1.165) is 10.9 Å². The van der Waals surface area contributed by atoms with Crippen LogP contribution in [-0.2, 0) is 6.54 Å². The molecule has 0 bridgehead atoms. The lowest BCUT2D eigenvalue weighted by molar-refractivity contribution is -0.661. The molecule has 1 amide bonds. The van der Waals surface area contributed by atoms with Crippen LogP contribution in [0.4, 0.5) is 4.79 Å². The molecule has 0 spiro atoms. The average molecular weight is 341 g/mol. The van der Waals surface area contributed by atoms with Gasteiger partial charge in [0.25, 0.3) is 5.52 Å². The van der Waals surface area contributed by atoms with Gasteiger partial charge in [-0.1, -0.05) is 12.6 Å². The number of carbonyl (C=O) groups excluding carboxylic acids is 1. The van der Waals surface area contributed by atoms with Gasteiger partial charge >= 0.3 is 0 Å². The minimum Gasteiger partial charge on any atom is -0.530 e. The number of hydrogen-bond donors (Lipinski definition) is 2. The lowest BCUT2D eigenvalue weighted by atomic mass is 10.2. The zero-order valence-corrected chi connectivity index (χ0v) is 12.8. The molecule has 0 saturated heterocycles. The van der Waals surface area contributed by atoms with Gasteiger partial charge in [0.1, 0.15) is 6.09 Å². The van der Waals surface area contributed by atoms with Crippen molar-refractivity contribution in [3.05, 3.63) is 49.2 Å². The highest BCUT2D eigenvalue weighted by molar-refractivity contribution is 8.93. The summed E-state index contributed by atoms with van der Waals surface area (Å²) in [5, 5.41) is 21.7. The third kappa shape index (κ3) is 4.89. The predicted octanol–water partition coefficient (Wildman–Crippen LogP) is 1.15. The molecule has 20 heavy (non-hydrogen) atoms. The minimum absolute atomic E-state index is 0. The highest BCUT2D eigenvalue weighted by Gasteiger charge is 2.10. The standard InChI is InChI=1S/C12H11NO.C2H5NO2.BrH/c1-2-8-13-9-4-6-10-5-3-7-11(14)12(10)13;1-3-2(4)5;/h2-7,9H,1,8H2;3H,1H3,(H,4,5);1H. The first-order chi connectivity index (χ1) is 9.10. The van der Waals surface area contributed by atoms with Gasteiger partial charge in [-0.25, -0.2) is 0 Å². The largest absolute Gasteiger partial charge is 0.530 e. The SMILES string of the molecule is Br.C=CC[n+]1cccc2cccc(O)c21.CNC(=O)[O-].